The molecule has 0 bridgehead atoms. The highest BCUT2D eigenvalue weighted by atomic mass is 16.6. The second-order valence-corrected chi connectivity index (χ2v) is 19.1. The van der Waals surface area contributed by atoms with E-state index in [4.69, 9.17) is 14.2 Å². The van der Waals surface area contributed by atoms with E-state index in [9.17, 15) is 14.4 Å². The van der Waals surface area contributed by atoms with Crippen molar-refractivity contribution in [3.63, 3.8) is 0 Å². The Morgan fingerprint density at radius 3 is 0.831 bits per heavy atom. The van der Waals surface area contributed by atoms with Gasteiger partial charge in [-0.1, -0.05) is 253 Å². The fraction of sp³-hybridized carbons (Fsp3) is 0.943. The Labute approximate surface area is 368 Å². The number of ether oxygens (including phenoxy) is 3. The number of hydrogen-bond donors (Lipinski definition) is 0. The van der Waals surface area contributed by atoms with Gasteiger partial charge in [0, 0.05) is 19.3 Å². The van der Waals surface area contributed by atoms with Gasteiger partial charge in [0.2, 0.25) is 0 Å². The predicted octanol–water partition coefficient (Wildman–Crippen LogP) is 16.9. The Balaban J connectivity index is 4.28. The SMILES string of the molecule is CCCCCCCCCCCCCCCCC(=O)OC[C@@H](COC(=O)CCCCCCCCCC(C)C)OC(=O)CCCCCCCCCCCCCCCCC(C)C. The molecule has 0 N–H and O–H groups in total. The normalized spacial score (nSPS) is 12.1. The monoisotopic (exact) mass is 835 g/mol. The minimum Gasteiger partial charge on any atom is -0.462 e. The van der Waals surface area contributed by atoms with Crippen molar-refractivity contribution in [1.29, 1.82) is 0 Å². The van der Waals surface area contributed by atoms with Crippen molar-refractivity contribution in [2.24, 2.45) is 11.8 Å². The lowest BCUT2D eigenvalue weighted by molar-refractivity contribution is -0.167. The van der Waals surface area contributed by atoms with E-state index in [0.29, 0.717) is 19.3 Å². The van der Waals surface area contributed by atoms with Crippen molar-refractivity contribution in [3.05, 3.63) is 0 Å². The van der Waals surface area contributed by atoms with Crippen molar-refractivity contribution < 1.29 is 28.6 Å². The van der Waals surface area contributed by atoms with E-state index >= 15 is 0 Å². The van der Waals surface area contributed by atoms with Gasteiger partial charge in [0.25, 0.3) is 0 Å². The topological polar surface area (TPSA) is 78.9 Å². The van der Waals surface area contributed by atoms with E-state index in [1.807, 2.05) is 0 Å². The second kappa shape index (κ2) is 45.9. The Bertz CT molecular complexity index is 900. The highest BCUT2D eigenvalue weighted by molar-refractivity contribution is 5.71. The predicted molar refractivity (Wildman–Crippen MR) is 252 cm³/mol. The Morgan fingerprint density at radius 2 is 0.559 bits per heavy atom. The number of carbonyl (C=O) groups excluding carboxylic acids is 3. The van der Waals surface area contributed by atoms with Crippen LogP contribution >= 0.6 is 0 Å². The van der Waals surface area contributed by atoms with Crippen LogP contribution < -0.4 is 0 Å². The number of unbranched alkanes of at least 4 members (excludes halogenated alkanes) is 32. The molecule has 1 atom stereocenters. The van der Waals surface area contributed by atoms with Gasteiger partial charge in [-0.05, 0) is 31.1 Å². The second-order valence-electron chi connectivity index (χ2n) is 19.1. The summed E-state index contributed by atoms with van der Waals surface area (Å²) in [6.45, 7) is 11.3. The molecule has 6 heteroatoms. The van der Waals surface area contributed by atoms with E-state index in [0.717, 1.165) is 69.6 Å². The van der Waals surface area contributed by atoms with Crippen LogP contribution in [0.15, 0.2) is 0 Å². The van der Waals surface area contributed by atoms with Crippen LogP contribution in [0.3, 0.4) is 0 Å². The summed E-state index contributed by atoms with van der Waals surface area (Å²) in [7, 11) is 0. The molecule has 0 heterocycles. The molecule has 350 valence electrons. The van der Waals surface area contributed by atoms with Gasteiger partial charge >= 0.3 is 17.9 Å². The van der Waals surface area contributed by atoms with Crippen LogP contribution in [0.25, 0.3) is 0 Å². The molecule has 0 saturated heterocycles. The smallest absolute Gasteiger partial charge is 0.306 e. The summed E-state index contributed by atoms with van der Waals surface area (Å²) in [5.74, 6) is 0.776. The zero-order valence-electron chi connectivity index (χ0n) is 40.4. The molecule has 0 aromatic rings. The van der Waals surface area contributed by atoms with Gasteiger partial charge in [-0.2, -0.15) is 0 Å². The first-order valence-electron chi connectivity index (χ1n) is 26.2. The number of rotatable bonds is 47. The minimum atomic E-state index is -0.762. The summed E-state index contributed by atoms with van der Waals surface area (Å²) >= 11 is 0. The van der Waals surface area contributed by atoms with Crippen molar-refractivity contribution in [2.45, 2.75) is 298 Å². The minimum absolute atomic E-state index is 0.0639. The third-order valence-electron chi connectivity index (χ3n) is 12.0. The Hall–Kier alpha value is -1.59. The molecule has 0 unspecified atom stereocenters. The maximum Gasteiger partial charge on any atom is 0.306 e. The van der Waals surface area contributed by atoms with Crippen LogP contribution in [0.5, 0.6) is 0 Å². The molecule has 0 aliphatic rings. The summed E-state index contributed by atoms with van der Waals surface area (Å²) in [4.78, 5) is 37.9. The quantitative estimate of drug-likeness (QED) is 0.0345. The van der Waals surface area contributed by atoms with Crippen LogP contribution in [0.4, 0.5) is 0 Å². The molecule has 0 rings (SSSR count). The van der Waals surface area contributed by atoms with Crippen LogP contribution in [0.2, 0.25) is 0 Å². The lowest BCUT2D eigenvalue weighted by Gasteiger charge is -2.18. The zero-order chi connectivity index (χ0) is 43.3. The van der Waals surface area contributed by atoms with Crippen molar-refractivity contribution >= 4 is 17.9 Å². The average molecular weight is 835 g/mol. The van der Waals surface area contributed by atoms with Gasteiger partial charge in [0.15, 0.2) is 6.10 Å². The van der Waals surface area contributed by atoms with E-state index in [1.54, 1.807) is 0 Å². The van der Waals surface area contributed by atoms with Gasteiger partial charge in [0.1, 0.15) is 13.2 Å². The molecule has 0 aromatic carbocycles. The van der Waals surface area contributed by atoms with Gasteiger partial charge < -0.3 is 14.2 Å². The number of esters is 3. The largest absolute Gasteiger partial charge is 0.462 e. The highest BCUT2D eigenvalue weighted by Crippen LogP contribution is 2.17. The first-order chi connectivity index (χ1) is 28.7. The van der Waals surface area contributed by atoms with Crippen LogP contribution in [-0.2, 0) is 28.6 Å². The summed E-state index contributed by atoms with van der Waals surface area (Å²) in [6, 6.07) is 0. The molecule has 0 spiro atoms. The Morgan fingerprint density at radius 1 is 0.322 bits per heavy atom. The lowest BCUT2D eigenvalue weighted by Crippen LogP contribution is -2.30. The fourth-order valence-electron chi connectivity index (χ4n) is 7.99. The van der Waals surface area contributed by atoms with Crippen molar-refractivity contribution in [1.82, 2.24) is 0 Å². The number of carbonyl (C=O) groups is 3. The third kappa shape index (κ3) is 47.3. The molecule has 59 heavy (non-hydrogen) atoms. The molecule has 0 radical (unpaired) electrons. The maximum absolute atomic E-state index is 12.8. The molecule has 0 aromatic heterocycles. The van der Waals surface area contributed by atoms with E-state index < -0.39 is 6.10 Å². The van der Waals surface area contributed by atoms with Gasteiger partial charge in [0.05, 0.1) is 0 Å². The lowest BCUT2D eigenvalue weighted by atomic mass is 10.0. The van der Waals surface area contributed by atoms with Crippen molar-refractivity contribution in [3.8, 4) is 0 Å². The van der Waals surface area contributed by atoms with Crippen LogP contribution in [-0.4, -0.2) is 37.2 Å². The fourth-order valence-corrected chi connectivity index (χ4v) is 7.99. The van der Waals surface area contributed by atoms with Gasteiger partial charge in [-0.25, -0.2) is 0 Å². The van der Waals surface area contributed by atoms with E-state index in [2.05, 4.69) is 34.6 Å². The van der Waals surface area contributed by atoms with E-state index in [-0.39, 0.29) is 31.1 Å². The molecule has 0 amide bonds. The summed E-state index contributed by atoms with van der Waals surface area (Å²) in [5.41, 5.74) is 0. The molecule has 6 nitrogen and oxygen atoms in total. The molecule has 0 aliphatic carbocycles. The van der Waals surface area contributed by atoms with Crippen LogP contribution in [0.1, 0.15) is 291 Å². The van der Waals surface area contributed by atoms with Crippen LogP contribution in [0, 0.1) is 11.8 Å². The molecular formula is C53H102O6. The molecule has 0 fully saturated rings. The van der Waals surface area contributed by atoms with Gasteiger partial charge in [-0.3, -0.25) is 14.4 Å². The van der Waals surface area contributed by atoms with Crippen molar-refractivity contribution in [2.75, 3.05) is 13.2 Å². The molecule has 0 aliphatic heterocycles. The summed E-state index contributed by atoms with van der Waals surface area (Å²) < 4.78 is 16.8. The summed E-state index contributed by atoms with van der Waals surface area (Å²) in [5, 5.41) is 0. The molecular weight excluding hydrogens is 733 g/mol. The maximum atomic E-state index is 12.8. The third-order valence-corrected chi connectivity index (χ3v) is 12.0. The molecule has 0 saturated carbocycles. The summed E-state index contributed by atoms with van der Waals surface area (Å²) in [6.07, 6.45) is 46.7. The first kappa shape index (κ1) is 57.4. The first-order valence-corrected chi connectivity index (χ1v) is 26.2. The van der Waals surface area contributed by atoms with Gasteiger partial charge in [-0.15, -0.1) is 0 Å². The Kier molecular flexibility index (Phi) is 44.7. The number of hydrogen-bond acceptors (Lipinski definition) is 6. The van der Waals surface area contributed by atoms with E-state index in [1.165, 1.54) is 180 Å². The zero-order valence-corrected chi connectivity index (χ0v) is 40.4. The average Bonchev–Trinajstić information content (AvgIpc) is 3.20. The standard InChI is InChI=1S/C53H102O6/c1-6-7-8-9-10-11-12-13-17-20-23-28-33-38-43-51(54)57-46-50(47-58-52(55)44-39-34-30-25-27-32-37-42-49(4)5)59-53(56)45-40-35-29-24-21-18-15-14-16-19-22-26-31-36-41-48(2)3/h48-50H,6-47H2,1-5H3/t50-/m0/s1. The highest BCUT2D eigenvalue weighted by Gasteiger charge is 2.19.